The summed E-state index contributed by atoms with van der Waals surface area (Å²) >= 11 is 0. The van der Waals surface area contributed by atoms with E-state index < -0.39 is 11.6 Å². The molecule has 1 saturated heterocycles. The maximum atomic E-state index is 13.2. The molecule has 2 aromatic rings. The Bertz CT molecular complexity index is 552. The highest BCUT2D eigenvalue weighted by Gasteiger charge is 2.15. The lowest BCUT2D eigenvalue weighted by atomic mass is 10.00. The second-order valence-electron chi connectivity index (χ2n) is 4.93. The van der Waals surface area contributed by atoms with Crippen LogP contribution in [0.25, 0.3) is 11.1 Å². The Kier molecular flexibility index (Phi) is 3.30. The first-order valence-corrected chi connectivity index (χ1v) is 6.52. The van der Waals surface area contributed by atoms with Gasteiger partial charge in [-0.15, -0.1) is 0 Å². The first-order valence-electron chi connectivity index (χ1n) is 6.52. The number of hydrogen-bond donors (Lipinski definition) is 1. The fourth-order valence-corrected chi connectivity index (χ4v) is 2.60. The van der Waals surface area contributed by atoms with Crippen LogP contribution in [0, 0.1) is 11.6 Å². The minimum Gasteiger partial charge on any atom is -0.310 e. The van der Waals surface area contributed by atoms with Crippen molar-refractivity contribution in [3.63, 3.8) is 0 Å². The molecular formula is C16H15F2N. The third kappa shape index (κ3) is 2.66. The number of rotatable bonds is 2. The largest absolute Gasteiger partial charge is 0.310 e. The zero-order valence-corrected chi connectivity index (χ0v) is 10.5. The summed E-state index contributed by atoms with van der Waals surface area (Å²) in [6, 6.07) is 11.9. The number of nitrogens with one attached hydrogen (secondary N) is 1. The van der Waals surface area contributed by atoms with Crippen molar-refractivity contribution in [3.05, 3.63) is 59.7 Å². The van der Waals surface area contributed by atoms with Crippen molar-refractivity contribution in [1.29, 1.82) is 0 Å². The number of hydrogen-bond acceptors (Lipinski definition) is 1. The van der Waals surface area contributed by atoms with Gasteiger partial charge < -0.3 is 5.32 Å². The first kappa shape index (κ1) is 12.3. The predicted molar refractivity (Wildman–Crippen MR) is 71.8 cm³/mol. The van der Waals surface area contributed by atoms with Crippen molar-refractivity contribution in [3.8, 4) is 11.1 Å². The average molecular weight is 259 g/mol. The van der Waals surface area contributed by atoms with E-state index in [2.05, 4.69) is 5.32 Å². The Morgan fingerprint density at radius 1 is 0.895 bits per heavy atom. The number of halogens is 2. The van der Waals surface area contributed by atoms with Gasteiger partial charge >= 0.3 is 0 Å². The van der Waals surface area contributed by atoms with Crippen LogP contribution in [0.15, 0.2) is 42.5 Å². The monoisotopic (exact) mass is 259 g/mol. The maximum Gasteiger partial charge on any atom is 0.126 e. The van der Waals surface area contributed by atoms with Crippen molar-refractivity contribution in [2.24, 2.45) is 0 Å². The molecule has 3 heteroatoms. The summed E-state index contributed by atoms with van der Waals surface area (Å²) in [7, 11) is 0. The molecule has 0 spiro atoms. The Morgan fingerprint density at radius 3 is 2.16 bits per heavy atom. The summed E-state index contributed by atoms with van der Waals surface area (Å²) in [6.07, 6.45) is 2.34. The van der Waals surface area contributed by atoms with Crippen molar-refractivity contribution in [1.82, 2.24) is 5.32 Å². The van der Waals surface area contributed by atoms with Gasteiger partial charge in [-0.25, -0.2) is 8.78 Å². The second kappa shape index (κ2) is 5.10. The van der Waals surface area contributed by atoms with Gasteiger partial charge in [-0.3, -0.25) is 0 Å². The van der Waals surface area contributed by atoms with E-state index in [0.717, 1.165) is 24.6 Å². The van der Waals surface area contributed by atoms with E-state index in [4.69, 9.17) is 0 Å². The Labute approximate surface area is 111 Å². The molecule has 98 valence electrons. The SMILES string of the molecule is Fc1cc(F)cc(-c2ccc(C3CCCN3)cc2)c1. The van der Waals surface area contributed by atoms with Crippen LogP contribution in [0.3, 0.4) is 0 Å². The molecule has 1 atom stereocenters. The van der Waals surface area contributed by atoms with Gasteiger partial charge in [0.15, 0.2) is 0 Å². The molecule has 2 aromatic carbocycles. The standard InChI is InChI=1S/C16H15F2N/c17-14-8-13(9-15(18)10-14)11-3-5-12(6-4-11)16-2-1-7-19-16/h3-6,8-10,16,19H,1-2,7H2. The summed E-state index contributed by atoms with van der Waals surface area (Å²) in [5.74, 6) is -1.09. The summed E-state index contributed by atoms with van der Waals surface area (Å²) in [4.78, 5) is 0. The molecule has 1 heterocycles. The van der Waals surface area contributed by atoms with Gasteiger partial charge in [0.2, 0.25) is 0 Å². The Morgan fingerprint density at radius 2 is 1.58 bits per heavy atom. The normalized spacial score (nSPS) is 18.7. The topological polar surface area (TPSA) is 12.0 Å². The molecular weight excluding hydrogens is 244 g/mol. The van der Waals surface area contributed by atoms with Crippen LogP contribution < -0.4 is 5.32 Å². The van der Waals surface area contributed by atoms with Gasteiger partial charge in [0.1, 0.15) is 11.6 Å². The Hall–Kier alpha value is -1.74. The fourth-order valence-electron chi connectivity index (χ4n) is 2.60. The first-order chi connectivity index (χ1) is 9.22. The van der Waals surface area contributed by atoms with E-state index >= 15 is 0 Å². The van der Waals surface area contributed by atoms with Gasteiger partial charge in [-0.2, -0.15) is 0 Å². The van der Waals surface area contributed by atoms with E-state index in [0.29, 0.717) is 11.6 Å². The van der Waals surface area contributed by atoms with Gasteiger partial charge in [-0.05, 0) is 48.2 Å². The summed E-state index contributed by atoms with van der Waals surface area (Å²) in [5, 5.41) is 3.43. The molecule has 3 rings (SSSR count). The average Bonchev–Trinajstić information content (AvgIpc) is 2.91. The quantitative estimate of drug-likeness (QED) is 0.857. The highest BCUT2D eigenvalue weighted by molar-refractivity contribution is 5.63. The highest BCUT2D eigenvalue weighted by atomic mass is 19.1. The highest BCUT2D eigenvalue weighted by Crippen LogP contribution is 2.27. The lowest BCUT2D eigenvalue weighted by Crippen LogP contribution is -2.12. The van der Waals surface area contributed by atoms with Crippen LogP contribution in [0.1, 0.15) is 24.4 Å². The summed E-state index contributed by atoms with van der Waals surface area (Å²) in [6.45, 7) is 1.06. The lowest BCUT2D eigenvalue weighted by Gasteiger charge is -2.11. The molecule has 1 nitrogen and oxygen atoms in total. The van der Waals surface area contributed by atoms with Crippen molar-refractivity contribution in [2.75, 3.05) is 6.54 Å². The van der Waals surface area contributed by atoms with Crippen LogP contribution in [0.5, 0.6) is 0 Å². The summed E-state index contributed by atoms with van der Waals surface area (Å²) in [5.41, 5.74) is 2.64. The van der Waals surface area contributed by atoms with Crippen LogP contribution >= 0.6 is 0 Å². The van der Waals surface area contributed by atoms with Gasteiger partial charge in [0.25, 0.3) is 0 Å². The molecule has 1 fully saturated rings. The molecule has 0 saturated carbocycles. The molecule has 1 aliphatic rings. The molecule has 0 radical (unpaired) electrons. The van der Waals surface area contributed by atoms with Crippen molar-refractivity contribution < 1.29 is 8.78 Å². The van der Waals surface area contributed by atoms with E-state index in [1.165, 1.54) is 24.1 Å². The molecule has 0 aromatic heterocycles. The molecule has 19 heavy (non-hydrogen) atoms. The van der Waals surface area contributed by atoms with Crippen LogP contribution in [-0.4, -0.2) is 6.54 Å². The van der Waals surface area contributed by atoms with E-state index in [1.54, 1.807) is 0 Å². The minimum absolute atomic E-state index is 0.415. The third-order valence-corrected chi connectivity index (χ3v) is 3.57. The van der Waals surface area contributed by atoms with E-state index in [1.807, 2.05) is 24.3 Å². The zero-order valence-electron chi connectivity index (χ0n) is 10.5. The maximum absolute atomic E-state index is 13.2. The molecule has 0 bridgehead atoms. The van der Waals surface area contributed by atoms with Crippen molar-refractivity contribution >= 4 is 0 Å². The molecule has 1 aliphatic heterocycles. The lowest BCUT2D eigenvalue weighted by molar-refractivity contribution is 0.584. The van der Waals surface area contributed by atoms with E-state index in [9.17, 15) is 8.78 Å². The fraction of sp³-hybridized carbons (Fsp3) is 0.250. The Balaban J connectivity index is 1.89. The minimum atomic E-state index is -0.545. The van der Waals surface area contributed by atoms with Gasteiger partial charge in [-0.1, -0.05) is 24.3 Å². The molecule has 0 amide bonds. The van der Waals surface area contributed by atoms with E-state index in [-0.39, 0.29) is 0 Å². The molecule has 1 unspecified atom stereocenters. The predicted octanol–water partition coefficient (Wildman–Crippen LogP) is 4.06. The van der Waals surface area contributed by atoms with Crippen LogP contribution in [0.4, 0.5) is 8.78 Å². The van der Waals surface area contributed by atoms with Crippen LogP contribution in [0.2, 0.25) is 0 Å². The van der Waals surface area contributed by atoms with Crippen molar-refractivity contribution in [2.45, 2.75) is 18.9 Å². The molecule has 1 N–H and O–H groups in total. The van der Waals surface area contributed by atoms with Gasteiger partial charge in [0, 0.05) is 12.1 Å². The smallest absolute Gasteiger partial charge is 0.126 e. The summed E-state index contributed by atoms with van der Waals surface area (Å²) < 4.78 is 26.4. The third-order valence-electron chi connectivity index (χ3n) is 3.57. The number of benzene rings is 2. The molecule has 0 aliphatic carbocycles. The second-order valence-corrected chi connectivity index (χ2v) is 4.93. The zero-order chi connectivity index (χ0) is 13.2. The van der Waals surface area contributed by atoms with Gasteiger partial charge in [0.05, 0.1) is 0 Å². The van der Waals surface area contributed by atoms with Crippen LogP contribution in [-0.2, 0) is 0 Å².